The number of allylic oxidation sites excluding steroid dienone is 12. The smallest absolute Gasteiger partial charge is 0.306 e. The summed E-state index contributed by atoms with van der Waals surface area (Å²) in [6.45, 7) is 6.57. The van der Waals surface area contributed by atoms with Crippen LogP contribution in [0, 0.1) is 0 Å². The van der Waals surface area contributed by atoms with Crippen molar-refractivity contribution in [3.63, 3.8) is 0 Å². The molecule has 6 heteroatoms. The van der Waals surface area contributed by atoms with Gasteiger partial charge in [0.1, 0.15) is 13.2 Å². The standard InChI is InChI=1S/C77H138O6/c1-4-7-10-13-16-19-22-25-28-31-34-35-36-37-38-39-40-41-44-46-49-52-55-58-61-64-67-70-76(79)82-73-74(83-77(80)71-68-65-62-59-56-53-50-47-43-33-30-27-24-21-18-15-12-9-6-3)72-81-75(78)69-66-63-60-57-54-51-48-45-42-32-29-26-23-20-17-14-11-8-5-2/h7,10,16,18-19,21,25,27-28,30,34-35,74H,4-6,8-9,11-15,17,20,22-24,26,29,31-33,36-73H2,1-3H3/b10-7-,19-16-,21-18-,28-25-,30-27-,35-34-. The van der Waals surface area contributed by atoms with Crippen molar-refractivity contribution in [2.75, 3.05) is 13.2 Å². The zero-order valence-electron chi connectivity index (χ0n) is 55.5. The molecule has 0 N–H and O–H groups in total. The lowest BCUT2D eigenvalue weighted by Gasteiger charge is -2.18. The Morgan fingerprint density at radius 3 is 0.759 bits per heavy atom. The van der Waals surface area contributed by atoms with Crippen molar-refractivity contribution < 1.29 is 28.6 Å². The molecule has 0 aliphatic heterocycles. The van der Waals surface area contributed by atoms with Crippen LogP contribution in [0.3, 0.4) is 0 Å². The lowest BCUT2D eigenvalue weighted by Crippen LogP contribution is -2.30. The lowest BCUT2D eigenvalue weighted by atomic mass is 10.0. The molecule has 0 aliphatic carbocycles. The van der Waals surface area contributed by atoms with E-state index in [0.29, 0.717) is 19.3 Å². The first-order chi connectivity index (χ1) is 41.0. The molecule has 0 amide bonds. The number of unbranched alkanes of at least 4 members (excludes halogenated alkanes) is 44. The van der Waals surface area contributed by atoms with E-state index in [0.717, 1.165) is 89.9 Å². The number of hydrogen-bond acceptors (Lipinski definition) is 6. The zero-order valence-corrected chi connectivity index (χ0v) is 55.5. The summed E-state index contributed by atoms with van der Waals surface area (Å²) in [5, 5.41) is 0. The average Bonchev–Trinajstić information content (AvgIpc) is 3.50. The van der Waals surface area contributed by atoms with Crippen molar-refractivity contribution in [1.82, 2.24) is 0 Å². The third-order valence-corrected chi connectivity index (χ3v) is 16.2. The predicted molar refractivity (Wildman–Crippen MR) is 362 cm³/mol. The first kappa shape index (κ1) is 79.8. The SMILES string of the molecule is CC/C=C\C/C=C\C/C=C\C/C=C\CCCCCCCCCCCCCCCCC(=O)OCC(COC(=O)CCCCCCCCCCCCCCCCCCCCC)OC(=O)CCCCCCCCCCC/C=C\C/C=C\CCCCC. The van der Waals surface area contributed by atoms with Gasteiger partial charge in [-0.1, -0.05) is 344 Å². The average molecular weight is 1160 g/mol. The Labute approximate surface area is 516 Å². The van der Waals surface area contributed by atoms with Gasteiger partial charge in [0, 0.05) is 19.3 Å². The van der Waals surface area contributed by atoms with Crippen LogP contribution in [0.5, 0.6) is 0 Å². The fourth-order valence-electron chi connectivity index (χ4n) is 10.8. The normalized spacial score (nSPS) is 12.5. The fraction of sp³-hybridized carbons (Fsp3) is 0.805. The minimum absolute atomic E-state index is 0.0719. The Morgan fingerprint density at radius 1 is 0.253 bits per heavy atom. The van der Waals surface area contributed by atoms with E-state index in [-0.39, 0.29) is 31.1 Å². The predicted octanol–water partition coefficient (Wildman–Crippen LogP) is 25.2. The van der Waals surface area contributed by atoms with Gasteiger partial charge in [0.05, 0.1) is 0 Å². The molecular weight excluding hydrogens is 1020 g/mol. The summed E-state index contributed by atoms with van der Waals surface area (Å²) in [6.07, 6.45) is 93.5. The highest BCUT2D eigenvalue weighted by atomic mass is 16.6. The molecule has 83 heavy (non-hydrogen) atoms. The number of carbonyl (C=O) groups is 3. The van der Waals surface area contributed by atoms with Gasteiger partial charge in [-0.2, -0.15) is 0 Å². The molecule has 0 heterocycles. The largest absolute Gasteiger partial charge is 0.462 e. The highest BCUT2D eigenvalue weighted by Crippen LogP contribution is 2.18. The molecule has 0 fully saturated rings. The molecule has 0 radical (unpaired) electrons. The van der Waals surface area contributed by atoms with Gasteiger partial charge in [-0.3, -0.25) is 14.4 Å². The molecule has 0 aromatic heterocycles. The summed E-state index contributed by atoms with van der Waals surface area (Å²) in [4.78, 5) is 38.5. The Morgan fingerprint density at radius 2 is 0.470 bits per heavy atom. The van der Waals surface area contributed by atoms with Crippen molar-refractivity contribution in [2.24, 2.45) is 0 Å². The molecule has 0 rings (SSSR count). The molecule has 1 unspecified atom stereocenters. The summed E-state index contributed by atoms with van der Waals surface area (Å²) in [5.41, 5.74) is 0. The first-order valence-electron chi connectivity index (χ1n) is 36.4. The first-order valence-corrected chi connectivity index (χ1v) is 36.4. The molecule has 6 nitrogen and oxygen atoms in total. The van der Waals surface area contributed by atoms with Gasteiger partial charge in [-0.05, 0) is 89.9 Å². The van der Waals surface area contributed by atoms with Gasteiger partial charge in [-0.15, -0.1) is 0 Å². The Balaban J connectivity index is 4.30. The maximum Gasteiger partial charge on any atom is 0.306 e. The molecule has 0 bridgehead atoms. The third kappa shape index (κ3) is 69.5. The van der Waals surface area contributed by atoms with Crippen molar-refractivity contribution in [2.45, 2.75) is 386 Å². The molecule has 0 spiro atoms. The molecule has 0 saturated heterocycles. The van der Waals surface area contributed by atoms with Gasteiger partial charge in [-0.25, -0.2) is 0 Å². The number of hydrogen-bond donors (Lipinski definition) is 0. The van der Waals surface area contributed by atoms with E-state index >= 15 is 0 Å². The van der Waals surface area contributed by atoms with Crippen molar-refractivity contribution in [1.29, 1.82) is 0 Å². The monoisotopic (exact) mass is 1160 g/mol. The lowest BCUT2D eigenvalue weighted by molar-refractivity contribution is -0.167. The molecule has 0 saturated carbocycles. The molecule has 0 aromatic rings. The highest BCUT2D eigenvalue weighted by Gasteiger charge is 2.19. The number of rotatable bonds is 67. The van der Waals surface area contributed by atoms with Crippen molar-refractivity contribution >= 4 is 17.9 Å². The minimum atomic E-state index is -0.778. The van der Waals surface area contributed by atoms with Crippen LogP contribution < -0.4 is 0 Å². The summed E-state index contributed by atoms with van der Waals surface area (Å²) in [7, 11) is 0. The fourth-order valence-corrected chi connectivity index (χ4v) is 10.8. The van der Waals surface area contributed by atoms with Crippen LogP contribution in [-0.2, 0) is 28.6 Å². The third-order valence-electron chi connectivity index (χ3n) is 16.2. The highest BCUT2D eigenvalue weighted by molar-refractivity contribution is 5.71. The van der Waals surface area contributed by atoms with Gasteiger partial charge >= 0.3 is 17.9 Å². The second-order valence-corrected chi connectivity index (χ2v) is 24.5. The van der Waals surface area contributed by atoms with Crippen LogP contribution >= 0.6 is 0 Å². The topological polar surface area (TPSA) is 78.9 Å². The maximum atomic E-state index is 13.0. The van der Waals surface area contributed by atoms with Gasteiger partial charge in [0.25, 0.3) is 0 Å². The molecule has 1 atom stereocenters. The van der Waals surface area contributed by atoms with Crippen LogP contribution in [-0.4, -0.2) is 37.2 Å². The molecular formula is C77H138O6. The number of esters is 3. The van der Waals surface area contributed by atoms with Crippen LogP contribution in [0.25, 0.3) is 0 Å². The van der Waals surface area contributed by atoms with Crippen LogP contribution in [0.2, 0.25) is 0 Å². The Bertz CT molecular complexity index is 1520. The van der Waals surface area contributed by atoms with Gasteiger partial charge in [0.2, 0.25) is 0 Å². The van der Waals surface area contributed by atoms with Crippen LogP contribution in [0.1, 0.15) is 380 Å². The Hall–Kier alpha value is -3.15. The van der Waals surface area contributed by atoms with E-state index in [1.165, 1.54) is 250 Å². The molecule has 0 aliphatic rings. The summed E-state index contributed by atoms with van der Waals surface area (Å²) in [5.74, 6) is -0.851. The van der Waals surface area contributed by atoms with E-state index in [1.807, 2.05) is 0 Å². The Kier molecular flexibility index (Phi) is 68.6. The number of ether oxygens (including phenoxy) is 3. The van der Waals surface area contributed by atoms with E-state index in [2.05, 4.69) is 93.7 Å². The molecule has 0 aromatic carbocycles. The number of carbonyl (C=O) groups excluding carboxylic acids is 3. The van der Waals surface area contributed by atoms with Gasteiger partial charge < -0.3 is 14.2 Å². The van der Waals surface area contributed by atoms with E-state index in [4.69, 9.17) is 14.2 Å². The zero-order chi connectivity index (χ0) is 59.9. The second-order valence-electron chi connectivity index (χ2n) is 24.5. The summed E-state index contributed by atoms with van der Waals surface area (Å²) in [6, 6.07) is 0. The van der Waals surface area contributed by atoms with Crippen molar-refractivity contribution in [3.8, 4) is 0 Å². The second kappa shape index (κ2) is 71.3. The quantitative estimate of drug-likeness (QED) is 0.0261. The van der Waals surface area contributed by atoms with Crippen LogP contribution in [0.15, 0.2) is 72.9 Å². The van der Waals surface area contributed by atoms with Gasteiger partial charge in [0.15, 0.2) is 6.10 Å². The summed E-state index contributed by atoms with van der Waals surface area (Å²) < 4.78 is 17.0. The van der Waals surface area contributed by atoms with E-state index in [1.54, 1.807) is 0 Å². The molecule has 482 valence electrons. The van der Waals surface area contributed by atoms with Crippen LogP contribution in [0.4, 0.5) is 0 Å². The van der Waals surface area contributed by atoms with Crippen molar-refractivity contribution in [3.05, 3.63) is 72.9 Å². The maximum absolute atomic E-state index is 13.0. The van der Waals surface area contributed by atoms with E-state index < -0.39 is 6.10 Å². The minimum Gasteiger partial charge on any atom is -0.462 e. The van der Waals surface area contributed by atoms with E-state index in [9.17, 15) is 14.4 Å². The summed E-state index contributed by atoms with van der Waals surface area (Å²) >= 11 is 0.